The van der Waals surface area contributed by atoms with Crippen LogP contribution in [0.15, 0.2) is 71.2 Å². The van der Waals surface area contributed by atoms with E-state index in [0.717, 1.165) is 43.9 Å². The number of carbonyl (C=O) groups excluding carboxylic acids is 1. The standard InChI is InChI=1S/C28H25BrF6N2O2/c29-23-14-18(10-11-24(23)31)27(16-17-6-2-1-3-7-17,37-26(38)36-21-8-4-5-9-21)19-12-20(30)15-22(13-19)39-28(34,35)25(32)33/h1-3,6-7,10-15,21,25H,4-5,8-9,16H2,(H2,36,37,38)/t27-/m1/s1. The van der Waals surface area contributed by atoms with Gasteiger partial charge in [0.1, 0.15) is 17.4 Å². The maximum atomic E-state index is 14.9. The fraction of sp³-hybridized carbons (Fsp3) is 0.321. The molecule has 2 N–H and O–H groups in total. The summed E-state index contributed by atoms with van der Waals surface area (Å²) >= 11 is 3.13. The molecule has 1 saturated carbocycles. The molecule has 1 fully saturated rings. The van der Waals surface area contributed by atoms with Crippen LogP contribution in [0.2, 0.25) is 0 Å². The van der Waals surface area contributed by atoms with Crippen molar-refractivity contribution in [3.63, 3.8) is 0 Å². The molecule has 2 amide bonds. The summed E-state index contributed by atoms with van der Waals surface area (Å²) in [7, 11) is 0. The quantitative estimate of drug-likeness (QED) is 0.243. The third-order valence-electron chi connectivity index (χ3n) is 6.61. The molecule has 4 rings (SSSR count). The lowest BCUT2D eigenvalue weighted by Crippen LogP contribution is -2.53. The molecule has 1 atom stereocenters. The van der Waals surface area contributed by atoms with Crippen molar-refractivity contribution in [1.29, 1.82) is 0 Å². The summed E-state index contributed by atoms with van der Waals surface area (Å²) in [5, 5.41) is 5.76. The van der Waals surface area contributed by atoms with Gasteiger partial charge in [0.25, 0.3) is 0 Å². The minimum atomic E-state index is -4.89. The third kappa shape index (κ3) is 6.87. The Morgan fingerprint density at radius 2 is 1.67 bits per heavy atom. The van der Waals surface area contributed by atoms with E-state index in [4.69, 9.17) is 0 Å². The van der Waals surface area contributed by atoms with E-state index in [1.165, 1.54) is 12.1 Å². The van der Waals surface area contributed by atoms with Crippen LogP contribution in [0.4, 0.5) is 31.1 Å². The lowest BCUT2D eigenvalue weighted by molar-refractivity contribution is -0.253. The van der Waals surface area contributed by atoms with Crippen molar-refractivity contribution in [1.82, 2.24) is 10.6 Å². The molecule has 0 bridgehead atoms. The molecule has 0 heterocycles. The van der Waals surface area contributed by atoms with Crippen LogP contribution >= 0.6 is 15.9 Å². The van der Waals surface area contributed by atoms with Gasteiger partial charge in [-0.25, -0.2) is 13.6 Å². The van der Waals surface area contributed by atoms with Gasteiger partial charge in [0, 0.05) is 18.5 Å². The largest absolute Gasteiger partial charge is 0.461 e. The zero-order chi connectivity index (χ0) is 28.2. The molecular weight excluding hydrogens is 590 g/mol. The SMILES string of the molecule is O=C(NC1CCCC1)N[C@@](Cc1ccccc1)(c1cc(F)cc(OC(F)(F)C(F)F)c1)c1ccc(F)c(Br)c1. The first-order valence-corrected chi connectivity index (χ1v) is 13.0. The van der Waals surface area contributed by atoms with Crippen molar-refractivity contribution in [3.05, 3.63) is 99.5 Å². The van der Waals surface area contributed by atoms with Crippen molar-refractivity contribution in [3.8, 4) is 5.75 Å². The van der Waals surface area contributed by atoms with Crippen LogP contribution in [0.1, 0.15) is 42.4 Å². The Labute approximate surface area is 229 Å². The van der Waals surface area contributed by atoms with Crippen LogP contribution in [0.25, 0.3) is 0 Å². The summed E-state index contributed by atoms with van der Waals surface area (Å²) in [6.45, 7) is 0. The summed E-state index contributed by atoms with van der Waals surface area (Å²) in [5.74, 6) is -2.54. The van der Waals surface area contributed by atoms with E-state index in [1.54, 1.807) is 30.3 Å². The smallest absolute Gasteiger partial charge is 0.428 e. The number of rotatable bonds is 9. The lowest BCUT2D eigenvalue weighted by atomic mass is 9.77. The van der Waals surface area contributed by atoms with E-state index in [0.29, 0.717) is 11.6 Å². The molecular formula is C28H25BrF6N2O2. The Bertz CT molecular complexity index is 1300. The second kappa shape index (κ2) is 11.9. The van der Waals surface area contributed by atoms with Crippen LogP contribution in [-0.4, -0.2) is 24.6 Å². The van der Waals surface area contributed by atoms with E-state index in [2.05, 4.69) is 31.3 Å². The van der Waals surface area contributed by atoms with Gasteiger partial charge in [-0.2, -0.15) is 17.6 Å². The van der Waals surface area contributed by atoms with Crippen molar-refractivity contribution in [2.45, 2.75) is 56.2 Å². The molecule has 1 aliphatic rings. The molecule has 3 aromatic carbocycles. The highest BCUT2D eigenvalue weighted by Gasteiger charge is 2.45. The van der Waals surface area contributed by atoms with Gasteiger partial charge in [-0.1, -0.05) is 49.2 Å². The summed E-state index contributed by atoms with van der Waals surface area (Å²) in [4.78, 5) is 13.3. The molecule has 3 aromatic rings. The Morgan fingerprint density at radius 1 is 0.974 bits per heavy atom. The summed E-state index contributed by atoms with van der Waals surface area (Å²) in [6.07, 6.45) is -5.68. The number of ether oxygens (including phenoxy) is 1. The first-order chi connectivity index (χ1) is 18.5. The van der Waals surface area contributed by atoms with Gasteiger partial charge in [-0.05, 0) is 69.7 Å². The number of alkyl halides is 4. The van der Waals surface area contributed by atoms with Crippen molar-refractivity contribution < 1.29 is 35.9 Å². The van der Waals surface area contributed by atoms with E-state index in [9.17, 15) is 31.1 Å². The maximum absolute atomic E-state index is 14.9. The highest BCUT2D eigenvalue weighted by molar-refractivity contribution is 9.10. The number of benzene rings is 3. The predicted octanol–water partition coefficient (Wildman–Crippen LogP) is 7.69. The molecule has 0 unspecified atom stereocenters. The number of halogens is 7. The van der Waals surface area contributed by atoms with Crippen molar-refractivity contribution in [2.75, 3.05) is 0 Å². The topological polar surface area (TPSA) is 50.4 Å². The van der Waals surface area contributed by atoms with Gasteiger partial charge in [-0.3, -0.25) is 0 Å². The van der Waals surface area contributed by atoms with Crippen molar-refractivity contribution >= 4 is 22.0 Å². The van der Waals surface area contributed by atoms with Crippen LogP contribution in [0, 0.1) is 11.6 Å². The average Bonchev–Trinajstić information content (AvgIpc) is 3.38. The molecule has 11 heteroatoms. The second-order valence-corrected chi connectivity index (χ2v) is 10.3. The first-order valence-electron chi connectivity index (χ1n) is 12.2. The summed E-state index contributed by atoms with van der Waals surface area (Å²) in [6, 6.07) is 14.4. The number of nitrogens with one attached hydrogen (secondary N) is 2. The predicted molar refractivity (Wildman–Crippen MR) is 137 cm³/mol. The molecule has 0 radical (unpaired) electrons. The Balaban J connectivity index is 1.89. The Kier molecular flexibility index (Phi) is 8.78. The Hall–Kier alpha value is -3.21. The number of hydrogen-bond donors (Lipinski definition) is 2. The zero-order valence-corrected chi connectivity index (χ0v) is 22.1. The molecule has 4 nitrogen and oxygen atoms in total. The highest BCUT2D eigenvalue weighted by atomic mass is 79.9. The molecule has 208 valence electrons. The summed E-state index contributed by atoms with van der Waals surface area (Å²) < 4.78 is 86.6. The van der Waals surface area contributed by atoms with Crippen LogP contribution < -0.4 is 15.4 Å². The molecule has 0 saturated heterocycles. The fourth-order valence-corrected chi connectivity index (χ4v) is 5.16. The number of amides is 2. The van der Waals surface area contributed by atoms with E-state index in [1.807, 2.05) is 0 Å². The van der Waals surface area contributed by atoms with Gasteiger partial charge in [0.15, 0.2) is 0 Å². The molecule has 0 spiro atoms. The number of carbonyl (C=O) groups is 1. The maximum Gasteiger partial charge on any atom is 0.461 e. The highest BCUT2D eigenvalue weighted by Crippen LogP contribution is 2.39. The fourth-order valence-electron chi connectivity index (χ4n) is 4.78. The Morgan fingerprint density at radius 3 is 2.31 bits per heavy atom. The van der Waals surface area contributed by atoms with E-state index >= 15 is 0 Å². The monoisotopic (exact) mass is 614 g/mol. The van der Waals surface area contributed by atoms with Crippen LogP contribution in [-0.2, 0) is 12.0 Å². The number of urea groups is 1. The molecule has 1 aliphatic carbocycles. The van der Waals surface area contributed by atoms with Gasteiger partial charge >= 0.3 is 18.6 Å². The molecule has 39 heavy (non-hydrogen) atoms. The van der Waals surface area contributed by atoms with Crippen LogP contribution in [0.3, 0.4) is 0 Å². The van der Waals surface area contributed by atoms with E-state index in [-0.39, 0.29) is 28.1 Å². The minimum absolute atomic E-state index is 0.0296. The molecule has 0 aromatic heterocycles. The van der Waals surface area contributed by atoms with Gasteiger partial charge < -0.3 is 15.4 Å². The van der Waals surface area contributed by atoms with Crippen LogP contribution in [0.5, 0.6) is 5.75 Å². The van der Waals surface area contributed by atoms with Gasteiger partial charge in [0.2, 0.25) is 0 Å². The van der Waals surface area contributed by atoms with E-state index < -0.39 is 41.5 Å². The average molecular weight is 615 g/mol. The first kappa shape index (κ1) is 28.8. The minimum Gasteiger partial charge on any atom is -0.428 e. The zero-order valence-electron chi connectivity index (χ0n) is 20.5. The number of hydrogen-bond acceptors (Lipinski definition) is 2. The lowest BCUT2D eigenvalue weighted by Gasteiger charge is -2.37. The normalized spacial score (nSPS) is 15.7. The van der Waals surface area contributed by atoms with Gasteiger partial charge in [-0.15, -0.1) is 0 Å². The molecule has 0 aliphatic heterocycles. The third-order valence-corrected chi connectivity index (χ3v) is 7.22. The van der Waals surface area contributed by atoms with Gasteiger partial charge in [0.05, 0.1) is 10.0 Å². The van der Waals surface area contributed by atoms with Crippen molar-refractivity contribution in [2.24, 2.45) is 0 Å². The second-order valence-electron chi connectivity index (χ2n) is 9.42. The summed E-state index contributed by atoms with van der Waals surface area (Å²) in [5.41, 5.74) is -0.811.